The predicted octanol–water partition coefficient (Wildman–Crippen LogP) is 0.797. The molecule has 0 aromatic rings. The second-order valence-electron chi connectivity index (χ2n) is 9.50. The zero-order chi connectivity index (χ0) is 26.4. The summed E-state index contributed by atoms with van der Waals surface area (Å²) in [5.41, 5.74) is -4.38. The van der Waals surface area contributed by atoms with E-state index in [2.05, 4.69) is 15.4 Å². The first kappa shape index (κ1) is 27.2. The van der Waals surface area contributed by atoms with Crippen molar-refractivity contribution in [2.45, 2.75) is 69.3 Å². The summed E-state index contributed by atoms with van der Waals surface area (Å²) in [6.45, 7) is -1.15. The lowest BCUT2D eigenvalue weighted by molar-refractivity contribution is -0.321. The number of alkyl halides is 6. The summed E-state index contributed by atoms with van der Waals surface area (Å²) >= 11 is 0. The largest absolute Gasteiger partial charge is 0.522 e. The fourth-order valence-electron chi connectivity index (χ4n) is 4.39. The third-order valence-corrected chi connectivity index (χ3v) is 6.76. The van der Waals surface area contributed by atoms with E-state index in [9.17, 15) is 50.6 Å². The van der Waals surface area contributed by atoms with Gasteiger partial charge in [-0.1, -0.05) is 0 Å². The Morgan fingerprint density at radius 1 is 1.23 bits per heavy atom. The summed E-state index contributed by atoms with van der Waals surface area (Å²) in [6.07, 6.45) is -9.55. The van der Waals surface area contributed by atoms with Crippen LogP contribution in [-0.4, -0.2) is 83.4 Å². The molecule has 9 nitrogen and oxygen atoms in total. The molecule has 3 rings (SSSR count). The minimum Gasteiger partial charge on any atom is -0.373 e. The van der Waals surface area contributed by atoms with Crippen LogP contribution in [0.1, 0.15) is 39.0 Å². The van der Waals surface area contributed by atoms with Crippen LogP contribution in [0.5, 0.6) is 0 Å². The number of ketones is 1. The molecule has 3 amide bonds. The molecule has 15 heteroatoms. The Morgan fingerprint density at radius 2 is 1.86 bits per heavy atom. The standard InChI is InChI=1S/C20H25F6N3O6/c1-17(34,19(21,22)23)16(33)29-9-18(3-4-18)7-12(29)15(32)28-11(6-10-2-5-27-14(10)31)13(30)8-35-20(24,25)26/h10-12,34H,2-9H2,1H3,(H,27,31)(H,28,32)/t10-,11-,12-,17-/m0/s1. The van der Waals surface area contributed by atoms with E-state index < -0.39 is 71.7 Å². The van der Waals surface area contributed by atoms with Crippen molar-refractivity contribution in [3.63, 3.8) is 0 Å². The van der Waals surface area contributed by atoms with Crippen molar-refractivity contribution in [1.82, 2.24) is 15.5 Å². The number of hydrogen-bond donors (Lipinski definition) is 3. The van der Waals surface area contributed by atoms with Gasteiger partial charge in [0.15, 0.2) is 5.78 Å². The van der Waals surface area contributed by atoms with Gasteiger partial charge in [0.2, 0.25) is 17.4 Å². The second kappa shape index (κ2) is 9.22. The Bertz CT molecular complexity index is 886. The van der Waals surface area contributed by atoms with Crippen molar-refractivity contribution < 1.29 is 55.4 Å². The first-order chi connectivity index (χ1) is 16.0. The van der Waals surface area contributed by atoms with Crippen molar-refractivity contribution >= 4 is 23.5 Å². The topological polar surface area (TPSA) is 125 Å². The van der Waals surface area contributed by atoms with E-state index in [1.807, 2.05) is 0 Å². The molecule has 2 heterocycles. The van der Waals surface area contributed by atoms with Crippen molar-refractivity contribution in [3.8, 4) is 0 Å². The van der Waals surface area contributed by atoms with Gasteiger partial charge in [-0.25, -0.2) is 0 Å². The second-order valence-corrected chi connectivity index (χ2v) is 9.50. The highest BCUT2D eigenvalue weighted by Crippen LogP contribution is 2.55. The van der Waals surface area contributed by atoms with Gasteiger partial charge in [0.1, 0.15) is 12.6 Å². The number of aliphatic hydroxyl groups is 1. The number of halogens is 6. The molecule has 35 heavy (non-hydrogen) atoms. The summed E-state index contributed by atoms with van der Waals surface area (Å²) in [5.74, 6) is -5.27. The van der Waals surface area contributed by atoms with E-state index in [0.717, 1.165) is 0 Å². The quantitative estimate of drug-likeness (QED) is 0.409. The van der Waals surface area contributed by atoms with Gasteiger partial charge in [-0.15, -0.1) is 13.2 Å². The fraction of sp³-hybridized carbons (Fsp3) is 0.800. The Balaban J connectivity index is 1.79. The van der Waals surface area contributed by atoms with Crippen LogP contribution in [0.15, 0.2) is 0 Å². The molecule has 0 aromatic heterocycles. The summed E-state index contributed by atoms with van der Waals surface area (Å²) in [5, 5.41) is 14.5. The third kappa shape index (κ3) is 6.05. The van der Waals surface area contributed by atoms with Gasteiger partial charge in [0.25, 0.3) is 5.91 Å². The normalized spacial score (nSPS) is 26.3. The Kier molecular flexibility index (Phi) is 7.16. The highest BCUT2D eigenvalue weighted by molar-refractivity contribution is 5.96. The molecule has 4 atom stereocenters. The number of nitrogens with one attached hydrogen (secondary N) is 2. The molecule has 1 spiro atoms. The first-order valence-corrected chi connectivity index (χ1v) is 10.9. The van der Waals surface area contributed by atoms with E-state index in [1.54, 1.807) is 0 Å². The van der Waals surface area contributed by atoms with Crippen LogP contribution in [0.4, 0.5) is 26.3 Å². The summed E-state index contributed by atoms with van der Waals surface area (Å²) in [6, 6.07) is -3.11. The molecule has 3 fully saturated rings. The van der Waals surface area contributed by atoms with Crippen molar-refractivity contribution in [2.24, 2.45) is 11.3 Å². The summed E-state index contributed by atoms with van der Waals surface area (Å²) in [4.78, 5) is 50.6. The number of likely N-dealkylation sites (tertiary alicyclic amines) is 1. The van der Waals surface area contributed by atoms with Crippen LogP contribution < -0.4 is 10.6 Å². The van der Waals surface area contributed by atoms with Crippen LogP contribution in [0, 0.1) is 11.3 Å². The van der Waals surface area contributed by atoms with Crippen LogP contribution in [-0.2, 0) is 23.9 Å². The average Bonchev–Trinajstić information content (AvgIpc) is 3.19. The van der Waals surface area contributed by atoms with Crippen molar-refractivity contribution in [1.29, 1.82) is 0 Å². The molecule has 3 aliphatic rings. The van der Waals surface area contributed by atoms with E-state index in [4.69, 9.17) is 0 Å². The smallest absolute Gasteiger partial charge is 0.373 e. The molecule has 0 radical (unpaired) electrons. The zero-order valence-electron chi connectivity index (χ0n) is 18.6. The first-order valence-electron chi connectivity index (χ1n) is 10.9. The zero-order valence-corrected chi connectivity index (χ0v) is 18.6. The Morgan fingerprint density at radius 3 is 2.34 bits per heavy atom. The highest BCUT2D eigenvalue weighted by Gasteiger charge is 2.62. The monoisotopic (exact) mass is 517 g/mol. The van der Waals surface area contributed by atoms with Gasteiger partial charge in [-0.2, -0.15) is 13.2 Å². The van der Waals surface area contributed by atoms with Crippen LogP contribution in [0.3, 0.4) is 0 Å². The minimum atomic E-state index is -5.33. The number of rotatable bonds is 8. The number of hydrogen-bond acceptors (Lipinski definition) is 6. The van der Waals surface area contributed by atoms with Gasteiger partial charge in [-0.05, 0) is 44.4 Å². The molecule has 2 saturated heterocycles. The van der Waals surface area contributed by atoms with Gasteiger partial charge in [0, 0.05) is 19.0 Å². The lowest BCUT2D eigenvalue weighted by atomic mass is 9.95. The molecule has 198 valence electrons. The Hall–Kier alpha value is -2.42. The van der Waals surface area contributed by atoms with Crippen molar-refractivity contribution in [3.05, 3.63) is 0 Å². The summed E-state index contributed by atoms with van der Waals surface area (Å²) in [7, 11) is 0. The molecule has 0 bridgehead atoms. The van der Waals surface area contributed by atoms with Crippen LogP contribution in [0.25, 0.3) is 0 Å². The molecule has 1 saturated carbocycles. The number of amides is 3. The maximum absolute atomic E-state index is 13.2. The maximum Gasteiger partial charge on any atom is 0.522 e. The third-order valence-electron chi connectivity index (χ3n) is 6.76. The summed E-state index contributed by atoms with van der Waals surface area (Å²) < 4.78 is 80.5. The predicted molar refractivity (Wildman–Crippen MR) is 103 cm³/mol. The molecule has 0 aromatic carbocycles. The fourth-order valence-corrected chi connectivity index (χ4v) is 4.39. The molecule has 2 aliphatic heterocycles. The van der Waals surface area contributed by atoms with E-state index >= 15 is 0 Å². The van der Waals surface area contributed by atoms with E-state index in [-0.39, 0.29) is 39.3 Å². The minimum absolute atomic E-state index is 0.0393. The van der Waals surface area contributed by atoms with Gasteiger partial charge < -0.3 is 20.6 Å². The molecule has 0 unspecified atom stereocenters. The number of Topliss-reactive ketones (excluding diaryl/α,β-unsaturated/α-hetero) is 1. The van der Waals surface area contributed by atoms with Crippen LogP contribution in [0.2, 0.25) is 0 Å². The van der Waals surface area contributed by atoms with Crippen LogP contribution >= 0.6 is 0 Å². The number of carbonyl (C=O) groups is 4. The number of nitrogens with zero attached hydrogens (tertiary/aromatic N) is 1. The van der Waals surface area contributed by atoms with Crippen molar-refractivity contribution in [2.75, 3.05) is 19.7 Å². The SMILES string of the molecule is C[C@](O)(C(=O)N1CC2(CC2)C[C@H]1C(=O)N[C@@H](C[C@@H]1CCNC1=O)C(=O)COC(F)(F)F)C(F)(F)F. The molecular weight excluding hydrogens is 492 g/mol. The average molecular weight is 517 g/mol. The molecular formula is C20H25F6N3O6. The van der Waals surface area contributed by atoms with Gasteiger partial charge in [0.05, 0.1) is 6.04 Å². The van der Waals surface area contributed by atoms with E-state index in [0.29, 0.717) is 17.7 Å². The lowest BCUT2D eigenvalue weighted by Gasteiger charge is -2.33. The molecule has 1 aliphatic carbocycles. The van der Waals surface area contributed by atoms with Gasteiger partial charge in [-0.3, -0.25) is 23.9 Å². The number of carbonyl (C=O) groups excluding carboxylic acids is 4. The van der Waals surface area contributed by atoms with Gasteiger partial charge >= 0.3 is 12.5 Å². The van der Waals surface area contributed by atoms with E-state index in [1.165, 1.54) is 0 Å². The number of ether oxygens (including phenoxy) is 1. The molecule has 3 N–H and O–H groups in total. The lowest BCUT2D eigenvalue weighted by Crippen LogP contribution is -2.60. The Labute approximate surface area is 195 Å². The maximum atomic E-state index is 13.2. The highest BCUT2D eigenvalue weighted by atomic mass is 19.4.